The van der Waals surface area contributed by atoms with E-state index in [0.717, 1.165) is 25.0 Å². The summed E-state index contributed by atoms with van der Waals surface area (Å²) in [6.45, 7) is 1.26. The summed E-state index contributed by atoms with van der Waals surface area (Å²) in [6.07, 6.45) is 2.24. The van der Waals surface area contributed by atoms with Crippen molar-refractivity contribution >= 4 is 11.9 Å². The molecule has 2 N–H and O–H groups in total. The van der Waals surface area contributed by atoms with Gasteiger partial charge in [0.05, 0.1) is 12.5 Å². The molecule has 0 spiro atoms. The number of rotatable bonds is 7. The number of benzene rings is 1. The van der Waals surface area contributed by atoms with Crippen molar-refractivity contribution in [2.24, 2.45) is 0 Å². The van der Waals surface area contributed by atoms with Crippen molar-refractivity contribution in [3.8, 4) is 0 Å². The quantitative estimate of drug-likeness (QED) is 0.805. The molecule has 1 aromatic carbocycles. The molecule has 1 fully saturated rings. The Morgan fingerprint density at radius 3 is 2.67 bits per heavy atom. The number of nitrogens with one attached hydrogen (secondary N) is 1. The second-order valence-corrected chi connectivity index (χ2v) is 5.35. The molecule has 0 radical (unpaired) electrons. The van der Waals surface area contributed by atoms with Crippen LogP contribution in [0.1, 0.15) is 37.2 Å². The van der Waals surface area contributed by atoms with E-state index in [4.69, 9.17) is 9.84 Å². The van der Waals surface area contributed by atoms with Gasteiger partial charge < -0.3 is 15.2 Å². The lowest BCUT2D eigenvalue weighted by atomic mass is 9.92. The zero-order chi connectivity index (χ0) is 15.1. The number of hydrogen-bond acceptors (Lipinski definition) is 3. The molecule has 1 aliphatic heterocycles. The molecular formula is C16H21NO4. The second kappa shape index (κ2) is 7.78. The Balaban J connectivity index is 1.88. The largest absolute Gasteiger partial charge is 0.481 e. The van der Waals surface area contributed by atoms with E-state index in [0.29, 0.717) is 6.54 Å². The fourth-order valence-corrected chi connectivity index (χ4v) is 2.57. The number of amides is 1. The topological polar surface area (TPSA) is 75.6 Å². The van der Waals surface area contributed by atoms with Crippen molar-refractivity contribution < 1.29 is 19.4 Å². The van der Waals surface area contributed by atoms with Crippen LogP contribution < -0.4 is 5.32 Å². The van der Waals surface area contributed by atoms with Crippen LogP contribution in [0.2, 0.25) is 0 Å². The maximum absolute atomic E-state index is 12.0. The SMILES string of the molecule is O=C(O)CC(CC(=O)NCC1CCCO1)c1ccccc1. The Morgan fingerprint density at radius 2 is 2.05 bits per heavy atom. The predicted octanol–water partition coefficient (Wildman–Crippen LogP) is 1.93. The average Bonchev–Trinajstić information content (AvgIpc) is 2.98. The summed E-state index contributed by atoms with van der Waals surface area (Å²) in [7, 11) is 0. The van der Waals surface area contributed by atoms with Gasteiger partial charge >= 0.3 is 5.97 Å². The highest BCUT2D eigenvalue weighted by atomic mass is 16.5. The first kappa shape index (κ1) is 15.5. The first-order valence-corrected chi connectivity index (χ1v) is 7.30. The standard InChI is InChI=1S/C16H21NO4/c18-15(17-11-14-7-4-8-21-14)9-13(10-16(19)20)12-5-2-1-3-6-12/h1-3,5-6,13-14H,4,7-11H2,(H,17,18)(H,19,20). The van der Waals surface area contributed by atoms with Gasteiger partial charge in [0.15, 0.2) is 0 Å². The van der Waals surface area contributed by atoms with E-state index in [1.165, 1.54) is 0 Å². The minimum atomic E-state index is -0.893. The summed E-state index contributed by atoms with van der Waals surface area (Å²) in [5.74, 6) is -1.32. The van der Waals surface area contributed by atoms with Crippen LogP contribution in [0.3, 0.4) is 0 Å². The van der Waals surface area contributed by atoms with E-state index in [1.54, 1.807) is 0 Å². The zero-order valence-electron chi connectivity index (χ0n) is 12.0. The molecule has 1 saturated heterocycles. The van der Waals surface area contributed by atoms with Crippen molar-refractivity contribution in [2.45, 2.75) is 37.7 Å². The lowest BCUT2D eigenvalue weighted by Crippen LogP contribution is -2.32. The summed E-state index contributed by atoms with van der Waals surface area (Å²) in [6, 6.07) is 9.31. The molecule has 2 atom stereocenters. The molecule has 1 amide bonds. The van der Waals surface area contributed by atoms with Crippen molar-refractivity contribution in [3.05, 3.63) is 35.9 Å². The molecule has 0 saturated carbocycles. The number of carbonyl (C=O) groups excluding carboxylic acids is 1. The van der Waals surface area contributed by atoms with Crippen molar-refractivity contribution in [1.29, 1.82) is 0 Å². The van der Waals surface area contributed by atoms with Gasteiger partial charge in [-0.1, -0.05) is 30.3 Å². The average molecular weight is 291 g/mol. The van der Waals surface area contributed by atoms with Crippen molar-refractivity contribution in [2.75, 3.05) is 13.2 Å². The van der Waals surface area contributed by atoms with Gasteiger partial charge in [-0.3, -0.25) is 9.59 Å². The van der Waals surface area contributed by atoms with E-state index in [1.807, 2.05) is 30.3 Å². The second-order valence-electron chi connectivity index (χ2n) is 5.35. The fraction of sp³-hybridized carbons (Fsp3) is 0.500. The van der Waals surface area contributed by atoms with E-state index in [9.17, 15) is 9.59 Å². The van der Waals surface area contributed by atoms with Crippen LogP contribution in [0.15, 0.2) is 30.3 Å². The first-order chi connectivity index (χ1) is 10.1. The van der Waals surface area contributed by atoms with Gasteiger partial charge in [-0.2, -0.15) is 0 Å². The Bertz CT molecular complexity index is 468. The molecule has 1 aromatic rings. The summed E-state index contributed by atoms with van der Waals surface area (Å²) >= 11 is 0. The molecule has 0 aliphatic carbocycles. The fourth-order valence-electron chi connectivity index (χ4n) is 2.57. The summed E-state index contributed by atoms with van der Waals surface area (Å²) in [5.41, 5.74) is 0.882. The number of carboxylic acids is 1. The van der Waals surface area contributed by atoms with Crippen LogP contribution in [0, 0.1) is 0 Å². The van der Waals surface area contributed by atoms with Crippen LogP contribution in [-0.4, -0.2) is 36.2 Å². The molecule has 21 heavy (non-hydrogen) atoms. The van der Waals surface area contributed by atoms with Gasteiger partial charge in [-0.05, 0) is 18.4 Å². The molecule has 1 aliphatic rings. The van der Waals surface area contributed by atoms with E-state index in [2.05, 4.69) is 5.32 Å². The first-order valence-electron chi connectivity index (χ1n) is 7.30. The number of ether oxygens (including phenoxy) is 1. The number of hydrogen-bond donors (Lipinski definition) is 2. The highest BCUT2D eigenvalue weighted by Crippen LogP contribution is 2.23. The Morgan fingerprint density at radius 1 is 1.29 bits per heavy atom. The van der Waals surface area contributed by atoms with Gasteiger partial charge in [0.1, 0.15) is 0 Å². The summed E-state index contributed by atoms with van der Waals surface area (Å²) < 4.78 is 5.45. The lowest BCUT2D eigenvalue weighted by Gasteiger charge is -2.16. The smallest absolute Gasteiger partial charge is 0.303 e. The van der Waals surface area contributed by atoms with Crippen LogP contribution >= 0.6 is 0 Å². The maximum Gasteiger partial charge on any atom is 0.303 e. The number of carbonyl (C=O) groups is 2. The molecule has 1 heterocycles. The minimum absolute atomic E-state index is 0.0443. The van der Waals surface area contributed by atoms with Gasteiger partial charge in [0, 0.05) is 25.5 Å². The molecule has 0 bridgehead atoms. The number of carboxylic acid groups (broad SMARTS) is 1. The van der Waals surface area contributed by atoms with Gasteiger partial charge in [-0.25, -0.2) is 0 Å². The molecule has 2 unspecified atom stereocenters. The molecule has 114 valence electrons. The predicted molar refractivity (Wildman–Crippen MR) is 78.0 cm³/mol. The third kappa shape index (κ3) is 5.19. The van der Waals surface area contributed by atoms with Crippen LogP contribution in [0.25, 0.3) is 0 Å². The molecule has 2 rings (SSSR count). The molecule has 5 nitrogen and oxygen atoms in total. The van der Waals surface area contributed by atoms with Gasteiger partial charge in [0.2, 0.25) is 5.91 Å². The Labute approximate surface area is 124 Å². The summed E-state index contributed by atoms with van der Waals surface area (Å²) in [4.78, 5) is 23.0. The van der Waals surface area contributed by atoms with E-state index < -0.39 is 5.97 Å². The maximum atomic E-state index is 12.0. The van der Waals surface area contributed by atoms with E-state index in [-0.39, 0.29) is 30.8 Å². The normalized spacial score (nSPS) is 19.1. The highest BCUT2D eigenvalue weighted by molar-refractivity contribution is 5.78. The third-order valence-corrected chi connectivity index (χ3v) is 3.67. The van der Waals surface area contributed by atoms with Crippen LogP contribution in [0.5, 0.6) is 0 Å². The highest BCUT2D eigenvalue weighted by Gasteiger charge is 2.21. The van der Waals surface area contributed by atoms with Crippen LogP contribution in [0.4, 0.5) is 0 Å². The number of aliphatic carboxylic acids is 1. The summed E-state index contributed by atoms with van der Waals surface area (Å²) in [5, 5.41) is 11.9. The molecular weight excluding hydrogens is 270 g/mol. The Kier molecular flexibility index (Phi) is 5.75. The zero-order valence-corrected chi connectivity index (χ0v) is 12.0. The van der Waals surface area contributed by atoms with Gasteiger partial charge in [-0.15, -0.1) is 0 Å². The molecule has 5 heteroatoms. The lowest BCUT2D eigenvalue weighted by molar-refractivity contribution is -0.137. The van der Waals surface area contributed by atoms with Crippen molar-refractivity contribution in [1.82, 2.24) is 5.32 Å². The van der Waals surface area contributed by atoms with Crippen LogP contribution in [-0.2, 0) is 14.3 Å². The Hall–Kier alpha value is -1.88. The van der Waals surface area contributed by atoms with Gasteiger partial charge in [0.25, 0.3) is 0 Å². The minimum Gasteiger partial charge on any atom is -0.481 e. The van der Waals surface area contributed by atoms with Crippen molar-refractivity contribution in [3.63, 3.8) is 0 Å². The third-order valence-electron chi connectivity index (χ3n) is 3.67. The van der Waals surface area contributed by atoms with E-state index >= 15 is 0 Å². The molecule has 0 aromatic heterocycles. The monoisotopic (exact) mass is 291 g/mol.